The van der Waals surface area contributed by atoms with E-state index in [-0.39, 0.29) is 5.82 Å². The molecule has 19 heavy (non-hydrogen) atoms. The van der Waals surface area contributed by atoms with Crippen molar-refractivity contribution in [2.24, 2.45) is 0 Å². The van der Waals surface area contributed by atoms with Gasteiger partial charge in [0, 0.05) is 17.6 Å². The molecule has 0 atom stereocenters. The average Bonchev–Trinajstić information content (AvgIpc) is 2.42. The van der Waals surface area contributed by atoms with Crippen molar-refractivity contribution in [2.45, 2.75) is 17.6 Å². The molecule has 0 fully saturated rings. The van der Waals surface area contributed by atoms with Gasteiger partial charge in [-0.2, -0.15) is 0 Å². The van der Waals surface area contributed by atoms with E-state index in [0.717, 1.165) is 26.7 Å². The predicted molar refractivity (Wildman–Crippen MR) is 84.9 cm³/mol. The maximum atomic E-state index is 12.8. The maximum Gasteiger partial charge on any atom is 0.143 e. The Morgan fingerprint density at radius 2 is 2.05 bits per heavy atom. The Hall–Kier alpha value is -0.890. The Morgan fingerprint density at radius 3 is 2.74 bits per heavy atom. The lowest BCUT2D eigenvalue weighted by molar-refractivity contribution is 0.626. The normalized spacial score (nSPS) is 10.5. The molecular weight excluding hydrogens is 376 g/mol. The minimum absolute atomic E-state index is 0.218. The average molecular weight is 389 g/mol. The van der Waals surface area contributed by atoms with Crippen molar-refractivity contribution in [3.05, 3.63) is 45.7 Å². The first-order chi connectivity index (χ1) is 9.19. The van der Waals surface area contributed by atoms with Crippen molar-refractivity contribution in [2.75, 3.05) is 11.9 Å². The highest BCUT2D eigenvalue weighted by molar-refractivity contribution is 14.1. The second kappa shape index (κ2) is 7.04. The minimum atomic E-state index is -0.218. The van der Waals surface area contributed by atoms with Crippen LogP contribution in [-0.2, 0) is 5.75 Å². The molecule has 1 heterocycles. The standard InChI is InChI=1S/C13H13FIN3S/c1-2-16-13-11(15)7-17-12(18-13)8-19-10-5-3-9(14)4-6-10/h3-7H,2,8H2,1H3,(H,16,17,18). The second-order valence-corrected chi connectivity index (χ2v) is 5.97. The van der Waals surface area contributed by atoms with Crippen molar-refractivity contribution in [3.8, 4) is 0 Å². The van der Waals surface area contributed by atoms with Crippen molar-refractivity contribution in [1.29, 1.82) is 0 Å². The number of nitrogens with one attached hydrogen (secondary N) is 1. The van der Waals surface area contributed by atoms with Crippen LogP contribution in [0, 0.1) is 9.39 Å². The van der Waals surface area contributed by atoms with E-state index < -0.39 is 0 Å². The summed E-state index contributed by atoms with van der Waals surface area (Å²) in [4.78, 5) is 9.78. The quantitative estimate of drug-likeness (QED) is 0.621. The molecule has 0 bridgehead atoms. The van der Waals surface area contributed by atoms with Crippen LogP contribution in [0.25, 0.3) is 0 Å². The van der Waals surface area contributed by atoms with Crippen molar-refractivity contribution < 1.29 is 4.39 Å². The fourth-order valence-electron chi connectivity index (χ4n) is 1.44. The zero-order valence-electron chi connectivity index (χ0n) is 10.4. The number of nitrogens with zero attached hydrogens (tertiary/aromatic N) is 2. The van der Waals surface area contributed by atoms with Crippen LogP contribution in [0.15, 0.2) is 35.4 Å². The highest BCUT2D eigenvalue weighted by Gasteiger charge is 2.05. The van der Waals surface area contributed by atoms with Gasteiger partial charge in [0.05, 0.1) is 9.32 Å². The van der Waals surface area contributed by atoms with E-state index in [9.17, 15) is 4.39 Å². The molecule has 1 aromatic heterocycles. The van der Waals surface area contributed by atoms with Gasteiger partial charge in [-0.25, -0.2) is 14.4 Å². The van der Waals surface area contributed by atoms with E-state index >= 15 is 0 Å². The summed E-state index contributed by atoms with van der Waals surface area (Å²) in [5.74, 6) is 2.09. The van der Waals surface area contributed by atoms with E-state index in [1.165, 1.54) is 12.1 Å². The van der Waals surface area contributed by atoms with Crippen molar-refractivity contribution in [3.63, 3.8) is 0 Å². The summed E-state index contributed by atoms with van der Waals surface area (Å²) in [6, 6.07) is 6.44. The lowest BCUT2D eigenvalue weighted by Gasteiger charge is -2.07. The largest absolute Gasteiger partial charge is 0.369 e. The van der Waals surface area contributed by atoms with Crippen LogP contribution in [0.4, 0.5) is 10.2 Å². The van der Waals surface area contributed by atoms with Gasteiger partial charge in [-0.1, -0.05) is 0 Å². The fraction of sp³-hybridized carbons (Fsp3) is 0.231. The number of anilines is 1. The van der Waals surface area contributed by atoms with Gasteiger partial charge < -0.3 is 5.32 Å². The zero-order chi connectivity index (χ0) is 13.7. The molecule has 6 heteroatoms. The predicted octanol–water partition coefficient (Wildman–Crippen LogP) is 3.94. The lowest BCUT2D eigenvalue weighted by Crippen LogP contribution is -2.05. The summed E-state index contributed by atoms with van der Waals surface area (Å²) < 4.78 is 13.8. The number of halogens is 2. The first kappa shape index (κ1) is 14.5. The van der Waals surface area contributed by atoms with Crippen LogP contribution in [0.3, 0.4) is 0 Å². The van der Waals surface area contributed by atoms with Crippen LogP contribution in [0.5, 0.6) is 0 Å². The molecule has 0 unspecified atom stereocenters. The van der Waals surface area contributed by atoms with Crippen LogP contribution in [-0.4, -0.2) is 16.5 Å². The van der Waals surface area contributed by atoms with Crippen LogP contribution in [0.2, 0.25) is 0 Å². The van der Waals surface area contributed by atoms with E-state index in [2.05, 4.69) is 37.9 Å². The Bertz CT molecular complexity index is 548. The molecule has 0 aliphatic heterocycles. The van der Waals surface area contributed by atoms with Gasteiger partial charge in [0.2, 0.25) is 0 Å². The van der Waals surface area contributed by atoms with Crippen LogP contribution >= 0.6 is 34.4 Å². The zero-order valence-corrected chi connectivity index (χ0v) is 13.3. The fourth-order valence-corrected chi connectivity index (χ4v) is 2.66. The molecule has 0 amide bonds. The third-order valence-corrected chi connectivity index (χ3v) is 4.12. The van der Waals surface area contributed by atoms with Gasteiger partial charge in [0.1, 0.15) is 17.5 Å². The summed E-state index contributed by atoms with van der Waals surface area (Å²) >= 11 is 3.80. The van der Waals surface area contributed by atoms with Gasteiger partial charge in [-0.15, -0.1) is 11.8 Å². The Morgan fingerprint density at radius 1 is 1.32 bits per heavy atom. The Labute approximate surface area is 129 Å². The molecule has 0 aliphatic rings. The van der Waals surface area contributed by atoms with Gasteiger partial charge in [0.25, 0.3) is 0 Å². The van der Waals surface area contributed by atoms with E-state index in [1.54, 1.807) is 23.9 Å². The molecule has 0 aliphatic carbocycles. The molecule has 0 saturated carbocycles. The molecule has 1 N–H and O–H groups in total. The first-order valence-corrected chi connectivity index (χ1v) is 7.89. The van der Waals surface area contributed by atoms with Gasteiger partial charge in [0.15, 0.2) is 0 Å². The molecule has 2 aromatic rings. The molecule has 0 radical (unpaired) electrons. The maximum absolute atomic E-state index is 12.8. The summed E-state index contributed by atoms with van der Waals surface area (Å²) in [5, 5.41) is 3.20. The van der Waals surface area contributed by atoms with Crippen LogP contribution < -0.4 is 5.32 Å². The molecular formula is C13H13FIN3S. The monoisotopic (exact) mass is 389 g/mol. The van der Waals surface area contributed by atoms with Gasteiger partial charge in [-0.05, 0) is 53.8 Å². The minimum Gasteiger partial charge on any atom is -0.369 e. The summed E-state index contributed by atoms with van der Waals surface area (Å²) in [7, 11) is 0. The van der Waals surface area contributed by atoms with E-state index in [1.807, 2.05) is 13.1 Å². The van der Waals surface area contributed by atoms with E-state index in [0.29, 0.717) is 5.75 Å². The number of hydrogen-bond donors (Lipinski definition) is 1. The number of hydrogen-bond acceptors (Lipinski definition) is 4. The third-order valence-electron chi connectivity index (χ3n) is 2.32. The summed E-state index contributed by atoms with van der Waals surface area (Å²) in [6.07, 6.45) is 1.81. The second-order valence-electron chi connectivity index (χ2n) is 3.76. The molecule has 100 valence electrons. The number of benzene rings is 1. The Balaban J connectivity index is 2.03. The van der Waals surface area contributed by atoms with Gasteiger partial charge >= 0.3 is 0 Å². The Kier molecular flexibility index (Phi) is 5.38. The van der Waals surface area contributed by atoms with Crippen molar-refractivity contribution >= 4 is 40.2 Å². The highest BCUT2D eigenvalue weighted by Crippen LogP contribution is 2.22. The number of rotatable bonds is 5. The topological polar surface area (TPSA) is 37.8 Å². The smallest absolute Gasteiger partial charge is 0.143 e. The lowest BCUT2D eigenvalue weighted by atomic mass is 10.4. The molecule has 0 spiro atoms. The number of thioether (sulfide) groups is 1. The SMILES string of the molecule is CCNc1nc(CSc2ccc(F)cc2)ncc1I. The number of aromatic nitrogens is 2. The molecule has 1 aromatic carbocycles. The van der Waals surface area contributed by atoms with Crippen LogP contribution in [0.1, 0.15) is 12.7 Å². The molecule has 3 nitrogen and oxygen atoms in total. The summed E-state index contributed by atoms with van der Waals surface area (Å²) in [6.45, 7) is 2.86. The van der Waals surface area contributed by atoms with Crippen molar-refractivity contribution in [1.82, 2.24) is 9.97 Å². The van der Waals surface area contributed by atoms with Gasteiger partial charge in [-0.3, -0.25) is 0 Å². The first-order valence-electron chi connectivity index (χ1n) is 5.82. The highest BCUT2D eigenvalue weighted by atomic mass is 127. The van der Waals surface area contributed by atoms with E-state index in [4.69, 9.17) is 0 Å². The summed E-state index contributed by atoms with van der Waals surface area (Å²) in [5.41, 5.74) is 0. The molecule has 2 rings (SSSR count). The third kappa shape index (κ3) is 4.31. The molecule has 0 saturated heterocycles.